The molecule has 0 aliphatic carbocycles. The van der Waals surface area contributed by atoms with Crippen LogP contribution in [-0.2, 0) is 10.8 Å². The molecule has 0 bridgehead atoms. The van der Waals surface area contributed by atoms with Gasteiger partial charge in [0.25, 0.3) is 0 Å². The van der Waals surface area contributed by atoms with E-state index in [1.165, 1.54) is 0 Å². The average molecular weight is 266 g/mol. The number of benzene rings is 1. The molecule has 1 rings (SSSR count). The van der Waals surface area contributed by atoms with Crippen molar-refractivity contribution in [1.82, 2.24) is 0 Å². The molecule has 0 saturated heterocycles. The molecule has 1 aromatic rings. The lowest BCUT2D eigenvalue weighted by Crippen LogP contribution is -2.24. The van der Waals surface area contributed by atoms with Crippen molar-refractivity contribution >= 4 is 16.6 Å². The third kappa shape index (κ3) is 4.37. The Morgan fingerprint density at radius 2 is 1.83 bits per heavy atom. The van der Waals surface area contributed by atoms with E-state index in [0.29, 0.717) is 11.3 Å². The molecule has 1 aromatic carbocycles. The molecule has 0 aliphatic rings. The molecule has 18 heavy (non-hydrogen) atoms. The molecule has 0 fully saturated rings. The Kier molecular flexibility index (Phi) is 6.27. The van der Waals surface area contributed by atoms with Crippen LogP contribution >= 0.6 is 0 Å². The van der Waals surface area contributed by atoms with Gasteiger partial charge in [-0.05, 0) is 20.3 Å². The molecule has 0 aliphatic heterocycles. The SMILES string of the molecule is CCCCCS(=O)C(C)C(=O)c1ccc(C)cc1. The fourth-order valence-corrected chi connectivity index (χ4v) is 2.96. The summed E-state index contributed by atoms with van der Waals surface area (Å²) in [6, 6.07) is 7.47. The van der Waals surface area contributed by atoms with Gasteiger partial charge in [-0.3, -0.25) is 9.00 Å². The topological polar surface area (TPSA) is 34.1 Å². The van der Waals surface area contributed by atoms with E-state index >= 15 is 0 Å². The molecule has 0 aromatic heterocycles. The van der Waals surface area contributed by atoms with Crippen molar-refractivity contribution in [3.8, 4) is 0 Å². The average Bonchev–Trinajstić information content (AvgIpc) is 2.38. The zero-order chi connectivity index (χ0) is 13.5. The van der Waals surface area contributed by atoms with Crippen LogP contribution in [0.3, 0.4) is 0 Å². The number of ketones is 1. The number of carbonyl (C=O) groups excluding carboxylic acids is 1. The van der Waals surface area contributed by atoms with Crippen LogP contribution in [0.1, 0.15) is 49.0 Å². The monoisotopic (exact) mass is 266 g/mol. The zero-order valence-electron chi connectivity index (χ0n) is 11.4. The molecule has 100 valence electrons. The van der Waals surface area contributed by atoms with Crippen molar-refractivity contribution in [2.75, 3.05) is 5.75 Å². The molecular formula is C15H22O2S. The Morgan fingerprint density at radius 3 is 2.39 bits per heavy atom. The van der Waals surface area contributed by atoms with Crippen molar-refractivity contribution in [3.63, 3.8) is 0 Å². The van der Waals surface area contributed by atoms with Gasteiger partial charge >= 0.3 is 0 Å². The van der Waals surface area contributed by atoms with Gasteiger partial charge in [0.15, 0.2) is 5.78 Å². The Morgan fingerprint density at radius 1 is 1.22 bits per heavy atom. The first-order valence-electron chi connectivity index (χ1n) is 6.54. The highest BCUT2D eigenvalue weighted by molar-refractivity contribution is 7.86. The van der Waals surface area contributed by atoms with Crippen LogP contribution in [-0.4, -0.2) is 21.0 Å². The predicted octanol–water partition coefficient (Wildman–Crippen LogP) is 3.51. The van der Waals surface area contributed by atoms with Crippen molar-refractivity contribution in [2.45, 2.75) is 45.3 Å². The highest BCUT2D eigenvalue weighted by Gasteiger charge is 2.20. The summed E-state index contributed by atoms with van der Waals surface area (Å²) < 4.78 is 12.0. The van der Waals surface area contributed by atoms with Gasteiger partial charge in [-0.1, -0.05) is 49.6 Å². The van der Waals surface area contributed by atoms with Gasteiger partial charge in [-0.25, -0.2) is 0 Å². The minimum Gasteiger partial charge on any atom is -0.293 e. The summed E-state index contributed by atoms with van der Waals surface area (Å²) in [5.74, 6) is 0.622. The van der Waals surface area contributed by atoms with E-state index in [-0.39, 0.29) is 5.78 Å². The van der Waals surface area contributed by atoms with Gasteiger partial charge in [0, 0.05) is 22.1 Å². The molecule has 0 saturated carbocycles. The highest BCUT2D eigenvalue weighted by atomic mass is 32.2. The fourth-order valence-electron chi connectivity index (χ4n) is 1.74. The van der Waals surface area contributed by atoms with Gasteiger partial charge < -0.3 is 0 Å². The summed E-state index contributed by atoms with van der Waals surface area (Å²) in [6.07, 6.45) is 3.13. The van der Waals surface area contributed by atoms with Crippen molar-refractivity contribution in [2.24, 2.45) is 0 Å². The third-order valence-corrected chi connectivity index (χ3v) is 4.74. The lowest BCUT2D eigenvalue weighted by Gasteiger charge is -2.10. The first-order valence-corrected chi connectivity index (χ1v) is 7.92. The highest BCUT2D eigenvalue weighted by Crippen LogP contribution is 2.11. The van der Waals surface area contributed by atoms with E-state index in [2.05, 4.69) is 6.92 Å². The zero-order valence-corrected chi connectivity index (χ0v) is 12.3. The maximum atomic E-state index is 12.1. The largest absolute Gasteiger partial charge is 0.293 e. The number of carbonyl (C=O) groups is 1. The number of Topliss-reactive ketones (excluding diaryl/α,β-unsaturated/α-hetero) is 1. The second kappa shape index (κ2) is 7.47. The molecule has 0 N–H and O–H groups in total. The second-order valence-corrected chi connectivity index (χ2v) is 6.54. The van der Waals surface area contributed by atoms with Crippen molar-refractivity contribution in [3.05, 3.63) is 35.4 Å². The predicted molar refractivity (Wildman–Crippen MR) is 77.5 cm³/mol. The fraction of sp³-hybridized carbons (Fsp3) is 0.533. The van der Waals surface area contributed by atoms with Crippen LogP contribution in [0.25, 0.3) is 0 Å². The van der Waals surface area contributed by atoms with E-state index in [1.807, 2.05) is 31.2 Å². The standard InChI is InChI=1S/C15H22O2S/c1-4-5-6-11-18(17)13(3)15(16)14-9-7-12(2)8-10-14/h7-10,13H,4-6,11H2,1-3H3. The van der Waals surface area contributed by atoms with Gasteiger partial charge in [0.2, 0.25) is 0 Å². The van der Waals surface area contributed by atoms with E-state index in [1.54, 1.807) is 6.92 Å². The summed E-state index contributed by atoms with van der Waals surface area (Å²) in [5.41, 5.74) is 1.79. The quantitative estimate of drug-likeness (QED) is 0.559. The number of rotatable bonds is 7. The van der Waals surface area contributed by atoms with E-state index in [0.717, 1.165) is 24.8 Å². The molecule has 0 heterocycles. The van der Waals surface area contributed by atoms with Gasteiger partial charge in [0.05, 0.1) is 5.25 Å². The lowest BCUT2D eigenvalue weighted by molar-refractivity contribution is 0.0992. The summed E-state index contributed by atoms with van der Waals surface area (Å²) in [7, 11) is -1.05. The summed E-state index contributed by atoms with van der Waals surface area (Å²) in [5, 5.41) is -0.399. The minimum absolute atomic E-state index is 0.00941. The van der Waals surface area contributed by atoms with Gasteiger partial charge in [0.1, 0.15) is 0 Å². The van der Waals surface area contributed by atoms with Crippen LogP contribution in [0.5, 0.6) is 0 Å². The number of hydrogen-bond donors (Lipinski definition) is 0. The first-order chi connectivity index (χ1) is 8.56. The van der Waals surface area contributed by atoms with Crippen LogP contribution in [0.15, 0.2) is 24.3 Å². The summed E-state index contributed by atoms with van der Waals surface area (Å²) >= 11 is 0. The van der Waals surface area contributed by atoms with Gasteiger partial charge in [-0.15, -0.1) is 0 Å². The van der Waals surface area contributed by atoms with Gasteiger partial charge in [-0.2, -0.15) is 0 Å². The molecule has 0 radical (unpaired) electrons. The molecule has 0 amide bonds. The molecule has 2 nitrogen and oxygen atoms in total. The smallest absolute Gasteiger partial charge is 0.178 e. The van der Waals surface area contributed by atoms with Crippen LogP contribution in [0.2, 0.25) is 0 Å². The lowest BCUT2D eigenvalue weighted by atomic mass is 10.1. The number of aryl methyl sites for hydroxylation is 1. The normalized spacial score (nSPS) is 14.2. The molecule has 3 heteroatoms. The van der Waals surface area contributed by atoms with E-state index in [9.17, 15) is 9.00 Å². The summed E-state index contributed by atoms with van der Waals surface area (Å²) in [6.45, 7) is 5.87. The van der Waals surface area contributed by atoms with Crippen molar-refractivity contribution in [1.29, 1.82) is 0 Å². The number of hydrogen-bond acceptors (Lipinski definition) is 2. The molecule has 0 spiro atoms. The Bertz CT molecular complexity index is 409. The van der Waals surface area contributed by atoms with Crippen LogP contribution < -0.4 is 0 Å². The van der Waals surface area contributed by atoms with Crippen LogP contribution in [0.4, 0.5) is 0 Å². The van der Waals surface area contributed by atoms with Crippen molar-refractivity contribution < 1.29 is 9.00 Å². The third-order valence-electron chi connectivity index (χ3n) is 3.05. The minimum atomic E-state index is -1.05. The summed E-state index contributed by atoms with van der Waals surface area (Å²) in [4.78, 5) is 12.1. The van der Waals surface area contributed by atoms with E-state index < -0.39 is 16.0 Å². The first kappa shape index (κ1) is 15.1. The number of unbranched alkanes of at least 4 members (excludes halogenated alkanes) is 2. The maximum absolute atomic E-state index is 12.1. The maximum Gasteiger partial charge on any atom is 0.178 e. The van der Waals surface area contributed by atoms with E-state index in [4.69, 9.17) is 0 Å². The Labute approximate surface area is 112 Å². The van der Waals surface area contributed by atoms with Crippen LogP contribution in [0, 0.1) is 6.92 Å². The molecule has 2 atom stereocenters. The molecule has 2 unspecified atom stereocenters. The molecular weight excluding hydrogens is 244 g/mol. The second-order valence-electron chi connectivity index (χ2n) is 4.66. The Balaban J connectivity index is 2.60. The Hall–Kier alpha value is -0.960.